The number of hydrogen-bond donors (Lipinski definition) is 1. The predicted molar refractivity (Wildman–Crippen MR) is 126 cm³/mol. The minimum atomic E-state index is -4.64. The Morgan fingerprint density at radius 3 is 2.49 bits per heavy atom. The Bertz CT molecular complexity index is 1410. The first-order valence-corrected chi connectivity index (χ1v) is 11.1. The minimum Gasteiger partial charge on any atom is -0.488 e. The summed E-state index contributed by atoms with van der Waals surface area (Å²) < 4.78 is 61.3. The second kappa shape index (κ2) is 9.58. The van der Waals surface area contributed by atoms with Crippen LogP contribution in [-0.4, -0.2) is 15.6 Å². The molecule has 4 nitrogen and oxygen atoms in total. The summed E-state index contributed by atoms with van der Waals surface area (Å²) >= 11 is 3.44. The average Bonchev–Trinajstić information content (AvgIpc) is 3.19. The molecule has 0 aliphatic carbocycles. The van der Waals surface area contributed by atoms with Crippen molar-refractivity contribution in [3.05, 3.63) is 105 Å². The molecule has 0 spiro atoms. The Hall–Kier alpha value is -3.59. The van der Waals surface area contributed by atoms with Crippen molar-refractivity contribution in [1.29, 1.82) is 0 Å². The van der Waals surface area contributed by atoms with Crippen molar-refractivity contribution < 1.29 is 32.2 Å². The van der Waals surface area contributed by atoms with E-state index < -0.39 is 23.5 Å². The summed E-state index contributed by atoms with van der Waals surface area (Å²) in [6.07, 6.45) is -4.64. The smallest absolute Gasteiger partial charge is 0.416 e. The van der Waals surface area contributed by atoms with Gasteiger partial charge in [-0.25, -0.2) is 9.18 Å². The first kappa shape index (κ1) is 24.5. The van der Waals surface area contributed by atoms with Crippen molar-refractivity contribution in [3.8, 4) is 22.7 Å². The van der Waals surface area contributed by atoms with Crippen molar-refractivity contribution in [1.82, 2.24) is 4.57 Å². The summed E-state index contributed by atoms with van der Waals surface area (Å²) in [5.74, 6) is -1.69. The van der Waals surface area contributed by atoms with Crippen molar-refractivity contribution in [2.24, 2.45) is 0 Å². The van der Waals surface area contributed by atoms with Crippen molar-refractivity contribution >= 4 is 21.9 Å². The zero-order valence-electron chi connectivity index (χ0n) is 18.2. The van der Waals surface area contributed by atoms with Crippen LogP contribution in [0.2, 0.25) is 0 Å². The number of aromatic carboxylic acids is 1. The van der Waals surface area contributed by atoms with Gasteiger partial charge in [0, 0.05) is 27.0 Å². The molecule has 3 aromatic carbocycles. The average molecular weight is 548 g/mol. The van der Waals surface area contributed by atoms with Crippen LogP contribution in [0.15, 0.2) is 77.3 Å². The molecule has 0 atom stereocenters. The molecule has 180 valence electrons. The van der Waals surface area contributed by atoms with Gasteiger partial charge in [0.15, 0.2) is 0 Å². The minimum absolute atomic E-state index is 0.0207. The van der Waals surface area contributed by atoms with E-state index in [1.807, 2.05) is 23.6 Å². The van der Waals surface area contributed by atoms with Crippen LogP contribution in [0, 0.1) is 12.7 Å². The Morgan fingerprint density at radius 2 is 1.80 bits per heavy atom. The third-order valence-electron chi connectivity index (χ3n) is 5.41. The molecular weight excluding hydrogens is 530 g/mol. The van der Waals surface area contributed by atoms with Gasteiger partial charge in [0.1, 0.15) is 18.2 Å². The molecule has 1 N–H and O–H groups in total. The lowest BCUT2D eigenvalue weighted by molar-refractivity contribution is -0.137. The monoisotopic (exact) mass is 547 g/mol. The second-order valence-electron chi connectivity index (χ2n) is 7.78. The van der Waals surface area contributed by atoms with E-state index in [-0.39, 0.29) is 17.7 Å². The molecule has 0 radical (unpaired) electrons. The quantitative estimate of drug-likeness (QED) is 0.252. The van der Waals surface area contributed by atoms with Crippen LogP contribution in [0.5, 0.6) is 5.75 Å². The molecule has 0 aliphatic heterocycles. The van der Waals surface area contributed by atoms with E-state index in [0.29, 0.717) is 28.8 Å². The number of rotatable bonds is 6. The maximum absolute atomic E-state index is 14.3. The molecular formula is C26H18BrF4NO3. The Labute approximate surface area is 206 Å². The van der Waals surface area contributed by atoms with Gasteiger partial charge in [-0.3, -0.25) is 0 Å². The Kier molecular flexibility index (Phi) is 6.71. The normalized spacial score (nSPS) is 11.5. The molecule has 0 unspecified atom stereocenters. The molecule has 4 aromatic rings. The summed E-state index contributed by atoms with van der Waals surface area (Å²) in [4.78, 5) is 11.5. The third-order valence-corrected chi connectivity index (χ3v) is 5.90. The summed E-state index contributed by atoms with van der Waals surface area (Å²) in [5.41, 5.74) is 1.82. The van der Waals surface area contributed by atoms with Crippen molar-refractivity contribution in [2.45, 2.75) is 19.7 Å². The first-order valence-electron chi connectivity index (χ1n) is 10.3. The highest BCUT2D eigenvalue weighted by Gasteiger charge is 2.31. The summed E-state index contributed by atoms with van der Waals surface area (Å²) in [5, 5.41) is 9.38. The molecule has 4 rings (SSSR count). The molecule has 0 saturated heterocycles. The van der Waals surface area contributed by atoms with Gasteiger partial charge in [0.2, 0.25) is 0 Å². The van der Waals surface area contributed by atoms with Crippen LogP contribution in [-0.2, 0) is 12.8 Å². The van der Waals surface area contributed by atoms with E-state index in [9.17, 15) is 27.5 Å². The number of hydrogen-bond acceptors (Lipinski definition) is 2. The molecule has 0 aliphatic rings. The number of halogens is 5. The van der Waals surface area contributed by atoms with Gasteiger partial charge < -0.3 is 14.4 Å². The molecule has 0 amide bonds. The number of carboxylic acids is 1. The van der Waals surface area contributed by atoms with Crippen LogP contribution in [0.1, 0.15) is 27.2 Å². The lowest BCUT2D eigenvalue weighted by Crippen LogP contribution is -2.07. The highest BCUT2D eigenvalue weighted by molar-refractivity contribution is 9.10. The maximum Gasteiger partial charge on any atom is 0.416 e. The predicted octanol–water partition coefficient (Wildman–Crippen LogP) is 7.65. The lowest BCUT2D eigenvalue weighted by atomic mass is 10.1. The Balaban J connectivity index is 1.71. The lowest BCUT2D eigenvalue weighted by Gasteiger charge is -2.17. The summed E-state index contributed by atoms with van der Waals surface area (Å²) in [7, 11) is 0. The highest BCUT2D eigenvalue weighted by Crippen LogP contribution is 2.37. The van der Waals surface area contributed by atoms with Gasteiger partial charge in [-0.05, 0) is 67.6 Å². The fourth-order valence-corrected chi connectivity index (χ4v) is 4.06. The van der Waals surface area contributed by atoms with Gasteiger partial charge in [0.25, 0.3) is 0 Å². The first-order chi connectivity index (χ1) is 16.5. The largest absolute Gasteiger partial charge is 0.488 e. The van der Waals surface area contributed by atoms with Crippen molar-refractivity contribution in [2.75, 3.05) is 0 Å². The van der Waals surface area contributed by atoms with E-state index in [2.05, 4.69) is 15.9 Å². The number of nitrogens with zero attached hydrogens (tertiary/aromatic N) is 1. The molecule has 1 aromatic heterocycles. The SMILES string of the molecule is Cc1ccc(-c2cc(Br)ccc2OCc2ccc(C(F)(F)F)cc2F)n1-c1cccc(C(=O)O)c1. The number of carbonyl (C=O) groups is 1. The summed E-state index contributed by atoms with van der Waals surface area (Å²) in [6.45, 7) is 1.58. The van der Waals surface area contributed by atoms with E-state index >= 15 is 0 Å². The van der Waals surface area contributed by atoms with Crippen LogP contribution in [0.3, 0.4) is 0 Å². The van der Waals surface area contributed by atoms with Crippen LogP contribution < -0.4 is 4.74 Å². The van der Waals surface area contributed by atoms with Gasteiger partial charge in [-0.15, -0.1) is 0 Å². The van der Waals surface area contributed by atoms with E-state index in [1.54, 1.807) is 36.4 Å². The van der Waals surface area contributed by atoms with E-state index in [4.69, 9.17) is 4.74 Å². The molecule has 0 fully saturated rings. The fraction of sp³-hybridized carbons (Fsp3) is 0.115. The molecule has 0 saturated carbocycles. The number of aromatic nitrogens is 1. The number of ether oxygens (including phenoxy) is 1. The summed E-state index contributed by atoms with van der Waals surface area (Å²) in [6, 6.07) is 17.7. The van der Waals surface area contributed by atoms with Gasteiger partial charge in [-0.2, -0.15) is 13.2 Å². The van der Waals surface area contributed by atoms with Crippen LogP contribution in [0.4, 0.5) is 17.6 Å². The molecule has 0 bridgehead atoms. The van der Waals surface area contributed by atoms with Crippen molar-refractivity contribution in [3.63, 3.8) is 0 Å². The molecule has 9 heteroatoms. The standard InChI is InChI=1S/C26H18BrF4NO3/c1-15-5-9-23(32(15)20-4-2-3-16(11-20)25(33)34)21-13-19(27)8-10-24(21)35-14-17-6-7-18(12-22(17)28)26(29,30)31/h2-13H,14H2,1H3,(H,33,34). The van der Waals surface area contributed by atoms with E-state index in [0.717, 1.165) is 22.3 Å². The maximum atomic E-state index is 14.3. The van der Waals surface area contributed by atoms with Crippen LogP contribution in [0.25, 0.3) is 16.9 Å². The number of aryl methyl sites for hydroxylation is 1. The zero-order valence-corrected chi connectivity index (χ0v) is 19.8. The molecule has 35 heavy (non-hydrogen) atoms. The van der Waals surface area contributed by atoms with Gasteiger partial charge in [0.05, 0.1) is 16.8 Å². The zero-order chi connectivity index (χ0) is 25.3. The van der Waals surface area contributed by atoms with Gasteiger partial charge in [-0.1, -0.05) is 28.1 Å². The number of carboxylic acid groups (broad SMARTS) is 1. The van der Waals surface area contributed by atoms with Crippen LogP contribution >= 0.6 is 15.9 Å². The second-order valence-corrected chi connectivity index (χ2v) is 8.70. The third kappa shape index (κ3) is 5.24. The van der Waals surface area contributed by atoms with E-state index in [1.165, 1.54) is 6.07 Å². The fourth-order valence-electron chi connectivity index (χ4n) is 3.69. The highest BCUT2D eigenvalue weighted by atomic mass is 79.9. The topological polar surface area (TPSA) is 51.5 Å². The van der Waals surface area contributed by atoms with Gasteiger partial charge >= 0.3 is 12.1 Å². The Morgan fingerprint density at radius 1 is 1.03 bits per heavy atom. The number of benzene rings is 3. The molecule has 1 heterocycles. The number of alkyl halides is 3.